The van der Waals surface area contributed by atoms with E-state index in [9.17, 15) is 14.4 Å². The highest BCUT2D eigenvalue weighted by molar-refractivity contribution is 5.93. The SMILES string of the molecule is CC(C)Cc1cc(C(=O)NC2CC(=O)N(C3CCCCCC3)C2)nc(=O)[nH]1. The van der Waals surface area contributed by atoms with E-state index in [-0.39, 0.29) is 23.6 Å². The number of rotatable bonds is 5. The Hall–Kier alpha value is -2.18. The summed E-state index contributed by atoms with van der Waals surface area (Å²) in [6, 6.07) is 1.72. The number of hydrogen-bond donors (Lipinski definition) is 2. The molecule has 1 aromatic heterocycles. The third-order valence-corrected chi connectivity index (χ3v) is 5.42. The third-order valence-electron chi connectivity index (χ3n) is 5.42. The molecule has 1 aromatic rings. The highest BCUT2D eigenvalue weighted by Crippen LogP contribution is 2.25. The number of hydrogen-bond acceptors (Lipinski definition) is 4. The Morgan fingerprint density at radius 3 is 2.63 bits per heavy atom. The van der Waals surface area contributed by atoms with Gasteiger partial charge in [0.05, 0.1) is 6.04 Å². The Morgan fingerprint density at radius 2 is 1.96 bits per heavy atom. The second-order valence-corrected chi connectivity index (χ2v) is 8.26. The molecular formula is C20H30N4O3. The Labute approximate surface area is 159 Å². The van der Waals surface area contributed by atoms with Crippen LogP contribution in [0, 0.1) is 5.92 Å². The highest BCUT2D eigenvalue weighted by Gasteiger charge is 2.35. The molecule has 1 unspecified atom stereocenters. The predicted octanol–water partition coefficient (Wildman–Crippen LogP) is 2.02. The zero-order valence-corrected chi connectivity index (χ0v) is 16.3. The molecule has 0 aromatic carbocycles. The maximum Gasteiger partial charge on any atom is 0.345 e. The van der Waals surface area contributed by atoms with Gasteiger partial charge in [-0.25, -0.2) is 4.79 Å². The number of nitrogens with one attached hydrogen (secondary N) is 2. The molecular weight excluding hydrogens is 344 g/mol. The van der Waals surface area contributed by atoms with Crippen molar-refractivity contribution in [1.82, 2.24) is 20.2 Å². The van der Waals surface area contributed by atoms with Crippen LogP contribution in [0.15, 0.2) is 10.9 Å². The van der Waals surface area contributed by atoms with E-state index in [1.807, 2.05) is 18.7 Å². The first-order valence-electron chi connectivity index (χ1n) is 10.1. The van der Waals surface area contributed by atoms with Crippen LogP contribution in [0.25, 0.3) is 0 Å². The number of carbonyl (C=O) groups excluding carboxylic acids is 2. The molecule has 0 radical (unpaired) electrons. The molecule has 2 aliphatic rings. The van der Waals surface area contributed by atoms with Gasteiger partial charge < -0.3 is 15.2 Å². The van der Waals surface area contributed by atoms with Gasteiger partial charge in [0, 0.05) is 24.7 Å². The lowest BCUT2D eigenvalue weighted by Crippen LogP contribution is -2.41. The minimum atomic E-state index is -0.513. The van der Waals surface area contributed by atoms with Crippen LogP contribution in [0.1, 0.15) is 75.0 Å². The summed E-state index contributed by atoms with van der Waals surface area (Å²) in [6.07, 6.45) is 7.93. The summed E-state index contributed by atoms with van der Waals surface area (Å²) >= 11 is 0. The molecule has 1 saturated carbocycles. The quantitative estimate of drug-likeness (QED) is 0.771. The van der Waals surface area contributed by atoms with Crippen molar-refractivity contribution < 1.29 is 9.59 Å². The molecule has 1 aliphatic carbocycles. The third kappa shape index (κ3) is 5.17. The van der Waals surface area contributed by atoms with Crippen molar-refractivity contribution in [1.29, 1.82) is 0 Å². The molecule has 1 atom stereocenters. The van der Waals surface area contributed by atoms with Crippen LogP contribution in [-0.4, -0.2) is 45.3 Å². The van der Waals surface area contributed by atoms with E-state index >= 15 is 0 Å². The van der Waals surface area contributed by atoms with Gasteiger partial charge in [-0.2, -0.15) is 4.98 Å². The van der Waals surface area contributed by atoms with Gasteiger partial charge in [-0.1, -0.05) is 39.5 Å². The van der Waals surface area contributed by atoms with E-state index in [4.69, 9.17) is 0 Å². The number of carbonyl (C=O) groups is 2. The summed E-state index contributed by atoms with van der Waals surface area (Å²) in [7, 11) is 0. The van der Waals surface area contributed by atoms with E-state index < -0.39 is 5.69 Å². The van der Waals surface area contributed by atoms with Crippen molar-refractivity contribution in [3.05, 3.63) is 27.9 Å². The van der Waals surface area contributed by atoms with Crippen LogP contribution >= 0.6 is 0 Å². The summed E-state index contributed by atoms with van der Waals surface area (Å²) in [6.45, 7) is 4.65. The largest absolute Gasteiger partial charge is 0.346 e. The van der Waals surface area contributed by atoms with Crippen LogP contribution < -0.4 is 11.0 Å². The number of aromatic amines is 1. The Bertz CT molecular complexity index is 735. The van der Waals surface area contributed by atoms with E-state index in [2.05, 4.69) is 15.3 Å². The number of nitrogens with zero attached hydrogens (tertiary/aromatic N) is 2. The lowest BCUT2D eigenvalue weighted by molar-refractivity contribution is -0.129. The molecule has 7 nitrogen and oxygen atoms in total. The first-order valence-corrected chi connectivity index (χ1v) is 10.1. The van der Waals surface area contributed by atoms with Crippen molar-refractivity contribution in [3.63, 3.8) is 0 Å². The number of amides is 2. The Balaban J connectivity index is 1.63. The Kier molecular flexibility index (Phi) is 6.29. The van der Waals surface area contributed by atoms with Gasteiger partial charge in [-0.15, -0.1) is 0 Å². The summed E-state index contributed by atoms with van der Waals surface area (Å²) < 4.78 is 0. The van der Waals surface area contributed by atoms with Crippen molar-refractivity contribution in [3.8, 4) is 0 Å². The van der Waals surface area contributed by atoms with Gasteiger partial charge in [-0.3, -0.25) is 9.59 Å². The number of H-pyrrole nitrogens is 1. The van der Waals surface area contributed by atoms with Crippen LogP contribution in [-0.2, 0) is 11.2 Å². The maximum atomic E-state index is 12.6. The van der Waals surface area contributed by atoms with Gasteiger partial charge in [0.1, 0.15) is 5.69 Å². The second-order valence-electron chi connectivity index (χ2n) is 8.26. The summed E-state index contributed by atoms with van der Waals surface area (Å²) in [5.74, 6) is 0.0951. The van der Waals surface area contributed by atoms with Crippen LogP contribution in [0.3, 0.4) is 0 Å². The van der Waals surface area contributed by atoms with E-state index in [0.29, 0.717) is 37.0 Å². The Morgan fingerprint density at radius 1 is 1.26 bits per heavy atom. The molecule has 2 heterocycles. The van der Waals surface area contributed by atoms with Crippen molar-refractivity contribution >= 4 is 11.8 Å². The molecule has 0 spiro atoms. The smallest absolute Gasteiger partial charge is 0.345 e. The van der Waals surface area contributed by atoms with E-state index in [1.165, 1.54) is 25.7 Å². The van der Waals surface area contributed by atoms with Crippen molar-refractivity contribution in [2.75, 3.05) is 6.54 Å². The summed E-state index contributed by atoms with van der Waals surface area (Å²) in [5.41, 5.74) is 0.313. The standard InChI is InChI=1S/C20H30N4O3/c1-13(2)9-14-10-17(23-20(27)22-14)19(26)21-15-11-18(25)24(12-15)16-7-5-3-4-6-8-16/h10,13,15-16H,3-9,11-12H2,1-2H3,(H,21,26)(H,22,23,27). The van der Waals surface area contributed by atoms with Crippen LogP contribution in [0.5, 0.6) is 0 Å². The summed E-state index contributed by atoms with van der Waals surface area (Å²) in [4.78, 5) is 45.2. The molecule has 0 bridgehead atoms. The molecule has 2 fully saturated rings. The van der Waals surface area contributed by atoms with Gasteiger partial charge in [0.15, 0.2) is 0 Å². The van der Waals surface area contributed by atoms with E-state index in [0.717, 1.165) is 12.8 Å². The minimum Gasteiger partial charge on any atom is -0.346 e. The number of likely N-dealkylation sites (tertiary alicyclic amines) is 1. The van der Waals surface area contributed by atoms with Crippen LogP contribution in [0.2, 0.25) is 0 Å². The van der Waals surface area contributed by atoms with Gasteiger partial charge >= 0.3 is 5.69 Å². The molecule has 3 rings (SSSR count). The fraction of sp³-hybridized carbons (Fsp3) is 0.700. The average Bonchev–Trinajstić information content (AvgIpc) is 2.80. The molecule has 7 heteroatoms. The minimum absolute atomic E-state index is 0.117. The van der Waals surface area contributed by atoms with E-state index in [1.54, 1.807) is 6.07 Å². The molecule has 2 amide bonds. The van der Waals surface area contributed by atoms with Crippen LogP contribution in [0.4, 0.5) is 0 Å². The zero-order valence-electron chi connectivity index (χ0n) is 16.3. The maximum absolute atomic E-state index is 12.6. The monoisotopic (exact) mass is 374 g/mol. The molecule has 2 N–H and O–H groups in total. The molecule has 27 heavy (non-hydrogen) atoms. The van der Waals surface area contributed by atoms with Crippen molar-refractivity contribution in [2.24, 2.45) is 5.92 Å². The number of aromatic nitrogens is 2. The molecule has 1 aliphatic heterocycles. The zero-order chi connectivity index (χ0) is 19.4. The first kappa shape index (κ1) is 19.6. The highest BCUT2D eigenvalue weighted by atomic mass is 16.2. The summed E-state index contributed by atoms with van der Waals surface area (Å²) in [5, 5.41) is 2.90. The topological polar surface area (TPSA) is 95.2 Å². The fourth-order valence-electron chi connectivity index (χ4n) is 4.18. The fourth-order valence-corrected chi connectivity index (χ4v) is 4.18. The van der Waals surface area contributed by atoms with Gasteiger partial charge in [0.2, 0.25) is 5.91 Å². The lowest BCUT2D eigenvalue weighted by atomic mass is 10.1. The molecule has 1 saturated heterocycles. The first-order chi connectivity index (χ1) is 12.9. The lowest BCUT2D eigenvalue weighted by Gasteiger charge is -2.27. The average molecular weight is 374 g/mol. The second kappa shape index (κ2) is 8.67. The van der Waals surface area contributed by atoms with Gasteiger partial charge in [-0.05, 0) is 31.2 Å². The molecule has 148 valence electrons. The predicted molar refractivity (Wildman–Crippen MR) is 102 cm³/mol. The normalized spacial score (nSPS) is 21.5. The van der Waals surface area contributed by atoms with Crippen molar-refractivity contribution in [2.45, 2.75) is 77.3 Å². The van der Waals surface area contributed by atoms with Gasteiger partial charge in [0.25, 0.3) is 5.91 Å².